The summed E-state index contributed by atoms with van der Waals surface area (Å²) in [7, 11) is 0. The van der Waals surface area contributed by atoms with Crippen molar-refractivity contribution in [1.29, 1.82) is 0 Å². The zero-order valence-electron chi connectivity index (χ0n) is 22.4. The number of carbonyl (C=O) groups is 1. The second-order valence-electron chi connectivity index (χ2n) is 10.7. The number of hydrogen-bond donors (Lipinski definition) is 2. The Labute approximate surface area is 223 Å². The monoisotopic (exact) mass is 562 g/mol. The lowest BCUT2D eigenvalue weighted by Crippen LogP contribution is -2.50. The number of carbonyl (C=O) groups excluding carboxylic acids is 1. The fourth-order valence-corrected chi connectivity index (χ4v) is 3.28. The van der Waals surface area contributed by atoms with Crippen molar-refractivity contribution in [2.45, 2.75) is 64.0 Å². The van der Waals surface area contributed by atoms with Crippen molar-refractivity contribution in [3.8, 4) is 0 Å². The van der Waals surface area contributed by atoms with Crippen LogP contribution >= 0.6 is 0 Å². The van der Waals surface area contributed by atoms with E-state index < -0.39 is 41.0 Å². The number of piperazine rings is 1. The average Bonchev–Trinajstić information content (AvgIpc) is 2.79. The van der Waals surface area contributed by atoms with E-state index in [1.54, 1.807) is 30.6 Å². The minimum Gasteiger partial charge on any atom is -0.444 e. The van der Waals surface area contributed by atoms with Gasteiger partial charge < -0.3 is 14.5 Å². The molecule has 3 rings (SSSR count). The second-order valence-corrected chi connectivity index (χ2v) is 12.6. The molecule has 212 valence electrons. The van der Waals surface area contributed by atoms with Gasteiger partial charge in [-0.3, -0.25) is 0 Å². The quantitative estimate of drug-likeness (QED) is 0.395. The number of benzene rings is 1. The maximum atomic E-state index is 13.7. The number of hydrogen-bond acceptors (Lipinski definition) is 7. The Hall–Kier alpha value is -2.64. The third-order valence-corrected chi connectivity index (χ3v) is 6.62. The van der Waals surface area contributed by atoms with Gasteiger partial charge >= 0.3 is 12.3 Å². The van der Waals surface area contributed by atoms with E-state index in [-0.39, 0.29) is 21.8 Å². The molecule has 2 unspecified atom stereocenters. The van der Waals surface area contributed by atoms with Gasteiger partial charge in [-0.1, -0.05) is 12.1 Å². The van der Waals surface area contributed by atoms with Crippen LogP contribution in [0.2, 0.25) is 0 Å². The van der Waals surface area contributed by atoms with E-state index >= 15 is 0 Å². The molecule has 3 N–H and O–H groups in total. The molecule has 1 fully saturated rings. The highest BCUT2D eigenvalue weighted by Crippen LogP contribution is 2.39. The van der Waals surface area contributed by atoms with Gasteiger partial charge in [0.15, 0.2) is 4.75 Å². The highest BCUT2D eigenvalue weighted by Gasteiger charge is 2.42. The van der Waals surface area contributed by atoms with E-state index in [9.17, 15) is 22.4 Å². The molecule has 1 aromatic heterocycles. The standard InChI is InChI=1S/C21H24F4N4O2.C4H12NOS/c1-20(2,3)31-19(30)29-10-8-28(9-11-29)18-26-12-15(13-27-18)17(21(23,24)25)14-4-6-16(22)7-5-14;1-4(2,3)7(5)6/h4-7,12-13,17H,8-11H2,1-3H3;6H,5H2,1-3H3/q;+1. The predicted molar refractivity (Wildman–Crippen MR) is 140 cm³/mol. The summed E-state index contributed by atoms with van der Waals surface area (Å²) in [6.45, 7) is 12.7. The number of anilines is 1. The molecule has 1 aromatic carbocycles. The van der Waals surface area contributed by atoms with Crippen LogP contribution in [0, 0.1) is 5.82 Å². The first-order valence-corrected chi connectivity index (χ1v) is 13.2. The van der Waals surface area contributed by atoms with Gasteiger partial charge in [-0.15, -0.1) is 5.14 Å². The average molecular weight is 563 g/mol. The molecule has 2 atom stereocenters. The molecule has 8 nitrogen and oxygen atoms in total. The minimum absolute atomic E-state index is 0.0868. The normalized spacial score (nSPS) is 16.3. The van der Waals surface area contributed by atoms with Crippen LogP contribution in [0.15, 0.2) is 36.7 Å². The Bertz CT molecular complexity index is 1030. The highest BCUT2D eigenvalue weighted by atomic mass is 32.2. The number of nitrogens with zero attached hydrogens (tertiary/aromatic N) is 4. The Morgan fingerprint density at radius 3 is 1.84 bits per heavy atom. The number of ether oxygens (including phenoxy) is 1. The SMILES string of the molecule is CC(C)(C)OC(=O)N1CCN(c2ncc(C(c3ccc(F)cc3)C(F)(F)F)cn2)CC1.CC(C)(C)[S+](N)O. The third kappa shape index (κ3) is 9.59. The molecule has 0 saturated carbocycles. The second kappa shape index (κ2) is 12.5. The number of nitrogens with two attached hydrogens (primary N) is 1. The zero-order valence-corrected chi connectivity index (χ0v) is 23.2. The molecule has 0 radical (unpaired) electrons. The van der Waals surface area contributed by atoms with Crippen molar-refractivity contribution < 1.29 is 31.6 Å². The summed E-state index contributed by atoms with van der Waals surface area (Å²) in [5.41, 5.74) is -0.807. The molecular formula is C25H36F4N5O3S+. The molecule has 2 aromatic rings. The lowest BCUT2D eigenvalue weighted by Gasteiger charge is -2.35. The van der Waals surface area contributed by atoms with Gasteiger partial charge in [0, 0.05) is 44.1 Å². The zero-order chi connectivity index (χ0) is 28.9. The predicted octanol–water partition coefficient (Wildman–Crippen LogP) is 5.12. The van der Waals surface area contributed by atoms with E-state index in [1.807, 2.05) is 20.8 Å². The number of alkyl halides is 3. The first-order valence-electron chi connectivity index (χ1n) is 11.9. The van der Waals surface area contributed by atoms with E-state index in [0.717, 1.165) is 36.7 Å². The van der Waals surface area contributed by atoms with Crippen LogP contribution < -0.4 is 10.0 Å². The van der Waals surface area contributed by atoms with Crippen molar-refractivity contribution in [1.82, 2.24) is 14.9 Å². The number of rotatable bonds is 3. The molecule has 0 spiro atoms. The Morgan fingerprint density at radius 2 is 1.45 bits per heavy atom. The fraction of sp³-hybridized carbons (Fsp3) is 0.560. The van der Waals surface area contributed by atoms with Gasteiger partial charge in [0.25, 0.3) is 0 Å². The van der Waals surface area contributed by atoms with Gasteiger partial charge in [0.1, 0.15) is 17.3 Å². The van der Waals surface area contributed by atoms with Crippen LogP contribution in [0.25, 0.3) is 0 Å². The topological polar surface area (TPSA) is 105 Å². The molecule has 1 amide bonds. The first-order chi connectivity index (χ1) is 17.4. The summed E-state index contributed by atoms with van der Waals surface area (Å²) in [6, 6.07) is 4.20. The number of aromatic nitrogens is 2. The van der Waals surface area contributed by atoms with Crippen molar-refractivity contribution >= 4 is 23.4 Å². The summed E-state index contributed by atoms with van der Waals surface area (Å²) in [4.78, 5) is 23.8. The molecule has 38 heavy (non-hydrogen) atoms. The summed E-state index contributed by atoms with van der Waals surface area (Å²) in [5, 5.41) is 5.15. The summed E-state index contributed by atoms with van der Waals surface area (Å²) < 4.78 is 68.0. The van der Waals surface area contributed by atoms with Gasteiger partial charge in [-0.05, 0) is 59.2 Å². The summed E-state index contributed by atoms with van der Waals surface area (Å²) >= 11 is -0.933. The van der Waals surface area contributed by atoms with Gasteiger partial charge in [-0.25, -0.2) is 19.2 Å². The Morgan fingerprint density at radius 1 is 0.974 bits per heavy atom. The number of halogens is 4. The lowest BCUT2D eigenvalue weighted by atomic mass is 9.93. The molecule has 1 saturated heterocycles. The molecular weight excluding hydrogens is 526 g/mol. The fourth-order valence-electron chi connectivity index (χ4n) is 3.28. The Kier molecular flexibility index (Phi) is 10.4. The maximum Gasteiger partial charge on any atom is 0.410 e. The largest absolute Gasteiger partial charge is 0.444 e. The highest BCUT2D eigenvalue weighted by molar-refractivity contribution is 7.90. The van der Waals surface area contributed by atoms with Crippen LogP contribution in [-0.4, -0.2) is 68.2 Å². The van der Waals surface area contributed by atoms with Crippen LogP contribution in [0.5, 0.6) is 0 Å². The molecule has 0 bridgehead atoms. The molecule has 2 heterocycles. The van der Waals surface area contributed by atoms with Crippen LogP contribution in [0.4, 0.5) is 28.3 Å². The van der Waals surface area contributed by atoms with E-state index in [4.69, 9.17) is 14.4 Å². The molecule has 13 heteroatoms. The van der Waals surface area contributed by atoms with E-state index in [0.29, 0.717) is 26.2 Å². The van der Waals surface area contributed by atoms with Crippen LogP contribution in [-0.2, 0) is 16.1 Å². The van der Waals surface area contributed by atoms with Crippen molar-refractivity contribution in [2.75, 3.05) is 31.1 Å². The van der Waals surface area contributed by atoms with Gasteiger partial charge in [0.05, 0.1) is 0 Å². The smallest absolute Gasteiger partial charge is 0.410 e. The van der Waals surface area contributed by atoms with E-state index in [1.165, 1.54) is 0 Å². The molecule has 1 aliphatic rings. The summed E-state index contributed by atoms with van der Waals surface area (Å²) in [5.74, 6) is -2.28. The maximum absolute atomic E-state index is 13.7. The van der Waals surface area contributed by atoms with Crippen molar-refractivity contribution in [3.63, 3.8) is 0 Å². The van der Waals surface area contributed by atoms with Crippen molar-refractivity contribution in [3.05, 3.63) is 53.6 Å². The Balaban J connectivity index is 0.000000638. The van der Waals surface area contributed by atoms with Gasteiger partial charge in [-0.2, -0.15) is 17.7 Å². The van der Waals surface area contributed by atoms with E-state index in [2.05, 4.69) is 9.97 Å². The minimum atomic E-state index is -4.58. The first kappa shape index (κ1) is 31.6. The number of amides is 1. The van der Waals surface area contributed by atoms with Crippen LogP contribution in [0.3, 0.4) is 0 Å². The molecule has 0 aliphatic carbocycles. The van der Waals surface area contributed by atoms with Crippen molar-refractivity contribution in [2.24, 2.45) is 5.14 Å². The van der Waals surface area contributed by atoms with Crippen LogP contribution in [0.1, 0.15) is 58.6 Å². The summed E-state index contributed by atoms with van der Waals surface area (Å²) in [6.07, 6.45) is -2.70. The molecule has 1 aliphatic heterocycles. The van der Waals surface area contributed by atoms with Gasteiger partial charge in [0.2, 0.25) is 17.3 Å². The lowest BCUT2D eigenvalue weighted by molar-refractivity contribution is -0.141. The third-order valence-electron chi connectivity index (χ3n) is 5.36.